The van der Waals surface area contributed by atoms with E-state index < -0.39 is 10.0 Å². The highest BCUT2D eigenvalue weighted by Crippen LogP contribution is 2.28. The van der Waals surface area contributed by atoms with Crippen molar-refractivity contribution in [2.45, 2.75) is 42.9 Å². The Kier molecular flexibility index (Phi) is 4.86. The predicted molar refractivity (Wildman–Crippen MR) is 78.9 cm³/mol. The molecule has 0 aromatic carbocycles. The third-order valence-electron chi connectivity index (χ3n) is 3.30. The Labute approximate surface area is 121 Å². The summed E-state index contributed by atoms with van der Waals surface area (Å²) in [6, 6.07) is 3.63. The van der Waals surface area contributed by atoms with Gasteiger partial charge in [0.1, 0.15) is 4.21 Å². The summed E-state index contributed by atoms with van der Waals surface area (Å²) in [5.41, 5.74) is 0. The summed E-state index contributed by atoms with van der Waals surface area (Å²) < 4.78 is 27.7. The Morgan fingerprint density at radius 2 is 2.22 bits per heavy atom. The zero-order valence-corrected chi connectivity index (χ0v) is 13.6. The second-order valence-corrected chi connectivity index (χ2v) is 8.75. The van der Waals surface area contributed by atoms with E-state index in [0.717, 1.165) is 29.5 Å². The number of rotatable bonds is 4. The van der Waals surface area contributed by atoms with Crippen molar-refractivity contribution in [2.24, 2.45) is 5.92 Å². The van der Waals surface area contributed by atoms with E-state index in [0.29, 0.717) is 10.1 Å². The van der Waals surface area contributed by atoms with E-state index in [1.807, 2.05) is 13.0 Å². The number of sulfonamides is 1. The molecule has 1 aromatic heterocycles. The molecule has 1 aliphatic rings. The minimum Gasteiger partial charge on any atom is -0.207 e. The Bertz CT molecular complexity index is 498. The van der Waals surface area contributed by atoms with Gasteiger partial charge in [-0.2, -0.15) is 0 Å². The third kappa shape index (κ3) is 3.56. The van der Waals surface area contributed by atoms with Gasteiger partial charge in [0.15, 0.2) is 0 Å². The van der Waals surface area contributed by atoms with Gasteiger partial charge in [0.25, 0.3) is 0 Å². The van der Waals surface area contributed by atoms with E-state index in [2.05, 4.69) is 20.7 Å². The smallest absolute Gasteiger partial charge is 0.207 e. The first-order valence-electron chi connectivity index (χ1n) is 6.16. The molecule has 6 heteroatoms. The highest BCUT2D eigenvalue weighted by atomic mass is 79.9. The average molecular weight is 352 g/mol. The molecule has 102 valence electrons. The summed E-state index contributed by atoms with van der Waals surface area (Å²) in [7, 11) is -3.32. The zero-order chi connectivity index (χ0) is 13.2. The number of alkyl halides is 1. The topological polar surface area (TPSA) is 46.2 Å². The van der Waals surface area contributed by atoms with Crippen LogP contribution in [0, 0.1) is 12.8 Å². The predicted octanol–water partition coefficient (Wildman–Crippen LogP) is 3.29. The van der Waals surface area contributed by atoms with Crippen LogP contribution < -0.4 is 4.72 Å². The maximum Gasteiger partial charge on any atom is 0.250 e. The normalized spacial score (nSPS) is 25.2. The molecule has 0 bridgehead atoms. The summed E-state index contributed by atoms with van der Waals surface area (Å²) >= 11 is 4.82. The second-order valence-electron chi connectivity index (χ2n) is 4.87. The molecule has 2 unspecified atom stereocenters. The largest absolute Gasteiger partial charge is 0.250 e. The number of halogens is 1. The monoisotopic (exact) mass is 351 g/mol. The lowest BCUT2D eigenvalue weighted by Crippen LogP contribution is -2.38. The summed E-state index contributed by atoms with van der Waals surface area (Å²) in [6.07, 6.45) is 4.19. The molecule has 2 rings (SSSR count). The second kappa shape index (κ2) is 6.03. The Morgan fingerprint density at radius 3 is 2.83 bits per heavy atom. The van der Waals surface area contributed by atoms with Gasteiger partial charge in [-0.15, -0.1) is 11.3 Å². The number of hydrogen-bond donors (Lipinski definition) is 1. The molecule has 3 nitrogen and oxygen atoms in total. The zero-order valence-electron chi connectivity index (χ0n) is 10.4. The van der Waals surface area contributed by atoms with Gasteiger partial charge >= 0.3 is 0 Å². The minimum atomic E-state index is -3.32. The summed E-state index contributed by atoms with van der Waals surface area (Å²) in [6.45, 7) is 1.92. The fourth-order valence-corrected chi connectivity index (χ4v) is 5.54. The molecule has 0 saturated heterocycles. The Hall–Kier alpha value is 0.0900. The first-order chi connectivity index (χ1) is 8.51. The molecule has 1 aromatic rings. The van der Waals surface area contributed by atoms with Gasteiger partial charge in [-0.25, -0.2) is 13.1 Å². The van der Waals surface area contributed by atoms with Gasteiger partial charge in [-0.3, -0.25) is 0 Å². The Balaban J connectivity index is 2.04. The van der Waals surface area contributed by atoms with Crippen molar-refractivity contribution in [2.75, 3.05) is 5.33 Å². The Morgan fingerprint density at radius 1 is 1.44 bits per heavy atom. The molecule has 2 atom stereocenters. The van der Waals surface area contributed by atoms with Crippen LogP contribution in [-0.2, 0) is 10.0 Å². The fraction of sp³-hybridized carbons (Fsp3) is 0.667. The van der Waals surface area contributed by atoms with Crippen LogP contribution in [-0.4, -0.2) is 19.8 Å². The summed E-state index contributed by atoms with van der Waals surface area (Å²) in [4.78, 5) is 1.03. The van der Waals surface area contributed by atoms with Gasteiger partial charge in [-0.05, 0) is 44.2 Å². The van der Waals surface area contributed by atoms with Crippen LogP contribution in [0.1, 0.15) is 30.6 Å². The molecule has 1 saturated carbocycles. The first-order valence-corrected chi connectivity index (χ1v) is 9.58. The van der Waals surface area contributed by atoms with E-state index in [1.54, 1.807) is 6.07 Å². The highest BCUT2D eigenvalue weighted by molar-refractivity contribution is 9.09. The van der Waals surface area contributed by atoms with Crippen molar-refractivity contribution in [1.82, 2.24) is 4.72 Å². The van der Waals surface area contributed by atoms with Gasteiger partial charge in [0, 0.05) is 16.2 Å². The molecule has 1 aliphatic carbocycles. The highest BCUT2D eigenvalue weighted by Gasteiger charge is 2.26. The molecule has 1 N–H and O–H groups in total. The van der Waals surface area contributed by atoms with Crippen molar-refractivity contribution in [1.29, 1.82) is 0 Å². The van der Waals surface area contributed by atoms with E-state index in [-0.39, 0.29) is 6.04 Å². The number of hydrogen-bond acceptors (Lipinski definition) is 3. The molecule has 0 aliphatic heterocycles. The van der Waals surface area contributed by atoms with Crippen LogP contribution in [0.15, 0.2) is 16.3 Å². The molecular formula is C12H18BrNO2S2. The standard InChI is InChI=1S/C12H18BrNO2S2/c1-9-5-6-12(17-9)18(15,16)14-11-4-2-3-10(7-11)8-13/h5-6,10-11,14H,2-4,7-8H2,1H3. The fourth-order valence-electron chi connectivity index (χ4n) is 2.37. The van der Waals surface area contributed by atoms with Crippen LogP contribution in [0.4, 0.5) is 0 Å². The molecular weight excluding hydrogens is 334 g/mol. The van der Waals surface area contributed by atoms with E-state index >= 15 is 0 Å². The molecule has 0 amide bonds. The van der Waals surface area contributed by atoms with Crippen molar-refractivity contribution in [3.8, 4) is 0 Å². The van der Waals surface area contributed by atoms with Crippen LogP contribution in [0.2, 0.25) is 0 Å². The quantitative estimate of drug-likeness (QED) is 0.846. The van der Waals surface area contributed by atoms with Gasteiger partial charge in [0.05, 0.1) is 0 Å². The SMILES string of the molecule is Cc1ccc(S(=O)(=O)NC2CCCC(CBr)C2)s1. The van der Waals surface area contributed by atoms with E-state index in [4.69, 9.17) is 0 Å². The van der Waals surface area contributed by atoms with Gasteiger partial charge in [0.2, 0.25) is 10.0 Å². The van der Waals surface area contributed by atoms with Crippen molar-refractivity contribution in [3.63, 3.8) is 0 Å². The van der Waals surface area contributed by atoms with Crippen molar-refractivity contribution >= 4 is 37.3 Å². The van der Waals surface area contributed by atoms with E-state index in [1.165, 1.54) is 17.8 Å². The molecule has 18 heavy (non-hydrogen) atoms. The molecule has 1 fully saturated rings. The molecule has 0 radical (unpaired) electrons. The number of thiophene rings is 1. The summed E-state index contributed by atoms with van der Waals surface area (Å²) in [5, 5.41) is 0.962. The van der Waals surface area contributed by atoms with Gasteiger partial charge < -0.3 is 0 Å². The van der Waals surface area contributed by atoms with Crippen LogP contribution in [0.3, 0.4) is 0 Å². The molecule has 0 spiro atoms. The van der Waals surface area contributed by atoms with Crippen LogP contribution in [0.5, 0.6) is 0 Å². The maximum absolute atomic E-state index is 12.2. The summed E-state index contributed by atoms with van der Waals surface area (Å²) in [5.74, 6) is 0.594. The molecule has 1 heterocycles. The van der Waals surface area contributed by atoms with Crippen LogP contribution >= 0.6 is 27.3 Å². The van der Waals surface area contributed by atoms with Crippen molar-refractivity contribution in [3.05, 3.63) is 17.0 Å². The number of aryl methyl sites for hydroxylation is 1. The number of nitrogens with one attached hydrogen (secondary N) is 1. The van der Waals surface area contributed by atoms with Crippen molar-refractivity contribution < 1.29 is 8.42 Å². The lowest BCUT2D eigenvalue weighted by molar-refractivity contribution is 0.333. The average Bonchev–Trinajstić information content (AvgIpc) is 2.76. The minimum absolute atomic E-state index is 0.0914. The van der Waals surface area contributed by atoms with Gasteiger partial charge in [-0.1, -0.05) is 22.4 Å². The third-order valence-corrected chi connectivity index (χ3v) is 7.23. The lowest BCUT2D eigenvalue weighted by atomic mass is 9.88. The van der Waals surface area contributed by atoms with E-state index in [9.17, 15) is 8.42 Å². The first kappa shape index (κ1) is 14.5. The van der Waals surface area contributed by atoms with Crippen LogP contribution in [0.25, 0.3) is 0 Å². The maximum atomic E-state index is 12.2. The lowest BCUT2D eigenvalue weighted by Gasteiger charge is -2.28.